The van der Waals surface area contributed by atoms with Gasteiger partial charge < -0.3 is 15.5 Å². The molecule has 0 radical (unpaired) electrons. The van der Waals surface area contributed by atoms with Gasteiger partial charge in [-0.1, -0.05) is 56.3 Å². The number of anilines is 3. The Morgan fingerprint density at radius 1 is 1.21 bits per heavy atom. The number of halogens is 2. The summed E-state index contributed by atoms with van der Waals surface area (Å²) in [6.45, 7) is 13.6. The maximum atomic E-state index is 16.8. The molecule has 0 aliphatic carbocycles. The van der Waals surface area contributed by atoms with Crippen LogP contribution in [0.15, 0.2) is 55.3 Å². The largest absolute Gasteiger partial charge is 0.383 e. The molecule has 39 heavy (non-hydrogen) atoms. The Bertz CT molecular complexity index is 1570. The second-order valence-electron chi connectivity index (χ2n) is 10.6. The minimum atomic E-state index is -0.433. The number of carbonyl (C=O) groups is 1. The molecule has 5 rings (SSSR count). The number of fused-ring (bicyclic) bond motifs is 1. The van der Waals surface area contributed by atoms with Crippen LogP contribution in [0.4, 0.5) is 21.5 Å². The fourth-order valence-corrected chi connectivity index (χ4v) is 5.58. The zero-order valence-corrected chi connectivity index (χ0v) is 23.4. The van der Waals surface area contributed by atoms with E-state index >= 15 is 4.39 Å². The van der Waals surface area contributed by atoms with Crippen LogP contribution in [0.25, 0.3) is 22.0 Å². The zero-order valence-electron chi connectivity index (χ0n) is 22.7. The first-order valence-electron chi connectivity index (χ1n) is 13.2. The second-order valence-corrected chi connectivity index (χ2v) is 11.0. The summed E-state index contributed by atoms with van der Waals surface area (Å²) >= 11 is 6.84. The minimum Gasteiger partial charge on any atom is -0.383 e. The highest BCUT2D eigenvalue weighted by molar-refractivity contribution is 6.34. The first-order valence-corrected chi connectivity index (χ1v) is 13.5. The molecule has 2 heterocycles. The van der Waals surface area contributed by atoms with Crippen LogP contribution in [0.3, 0.4) is 0 Å². The van der Waals surface area contributed by atoms with Crippen LogP contribution in [0, 0.1) is 25.6 Å². The molecular weight excluding hydrogens is 513 g/mol. The van der Waals surface area contributed by atoms with Crippen LogP contribution in [0.2, 0.25) is 5.02 Å². The Labute approximate surface area is 233 Å². The third-order valence-electron chi connectivity index (χ3n) is 7.50. The van der Waals surface area contributed by atoms with Crippen molar-refractivity contribution in [3.05, 3.63) is 82.8 Å². The van der Waals surface area contributed by atoms with Crippen LogP contribution < -0.4 is 10.6 Å². The van der Waals surface area contributed by atoms with Crippen LogP contribution in [0.1, 0.15) is 36.5 Å². The van der Waals surface area contributed by atoms with Crippen LogP contribution in [0.5, 0.6) is 0 Å². The molecule has 4 aromatic rings. The molecule has 3 aromatic carbocycles. The first-order chi connectivity index (χ1) is 18.7. The van der Waals surface area contributed by atoms with Crippen molar-refractivity contribution in [1.29, 1.82) is 0 Å². The molecule has 8 heteroatoms. The number of benzene rings is 3. The lowest BCUT2D eigenvalue weighted by Crippen LogP contribution is -2.51. The number of nitrogens with zero attached hydrogens (tertiary/aromatic N) is 2. The van der Waals surface area contributed by atoms with E-state index in [-0.39, 0.29) is 17.7 Å². The molecule has 0 unspecified atom stereocenters. The molecule has 1 aliphatic heterocycles. The first kappa shape index (κ1) is 26.8. The van der Waals surface area contributed by atoms with Gasteiger partial charge >= 0.3 is 0 Å². The maximum Gasteiger partial charge on any atom is 0.245 e. The van der Waals surface area contributed by atoms with Crippen molar-refractivity contribution in [3.63, 3.8) is 0 Å². The van der Waals surface area contributed by atoms with Gasteiger partial charge in [-0.2, -0.15) is 5.10 Å². The molecule has 0 saturated carbocycles. The average Bonchev–Trinajstić information content (AvgIpc) is 3.35. The number of aryl methyl sites for hydroxylation is 2. The number of rotatable bonds is 8. The van der Waals surface area contributed by atoms with E-state index in [9.17, 15) is 4.79 Å². The monoisotopic (exact) mass is 545 g/mol. The summed E-state index contributed by atoms with van der Waals surface area (Å²) in [6, 6.07) is 11.8. The number of amides is 1. The van der Waals surface area contributed by atoms with Crippen molar-refractivity contribution < 1.29 is 9.18 Å². The topological polar surface area (TPSA) is 73.0 Å². The van der Waals surface area contributed by atoms with Gasteiger partial charge in [0.1, 0.15) is 0 Å². The number of likely N-dealkylation sites (tertiary alicyclic amines) is 1. The van der Waals surface area contributed by atoms with Gasteiger partial charge in [0.15, 0.2) is 5.82 Å². The van der Waals surface area contributed by atoms with Crippen molar-refractivity contribution in [1.82, 2.24) is 15.1 Å². The molecule has 3 N–H and O–H groups in total. The predicted molar refractivity (Wildman–Crippen MR) is 159 cm³/mol. The number of aromatic amines is 1. The van der Waals surface area contributed by atoms with Crippen molar-refractivity contribution >= 4 is 45.5 Å². The Balaban J connectivity index is 1.60. The third-order valence-corrected chi connectivity index (χ3v) is 7.80. The van der Waals surface area contributed by atoms with E-state index in [2.05, 4.69) is 47.3 Å². The van der Waals surface area contributed by atoms with E-state index in [1.54, 1.807) is 17.2 Å². The quantitative estimate of drug-likeness (QED) is 0.200. The summed E-state index contributed by atoms with van der Waals surface area (Å²) in [4.78, 5) is 13.6. The van der Waals surface area contributed by atoms with Gasteiger partial charge in [-0.25, -0.2) is 4.39 Å². The molecule has 1 fully saturated rings. The van der Waals surface area contributed by atoms with E-state index in [0.717, 1.165) is 33.3 Å². The Kier molecular flexibility index (Phi) is 7.36. The van der Waals surface area contributed by atoms with E-state index in [4.69, 9.17) is 11.6 Å². The van der Waals surface area contributed by atoms with Gasteiger partial charge in [-0.15, -0.1) is 0 Å². The third kappa shape index (κ3) is 4.99. The number of hydrogen-bond donors (Lipinski definition) is 3. The van der Waals surface area contributed by atoms with Crippen molar-refractivity contribution in [2.45, 2.75) is 33.6 Å². The number of para-hydroxylation sites is 1. The van der Waals surface area contributed by atoms with Gasteiger partial charge in [0.25, 0.3) is 0 Å². The highest BCUT2D eigenvalue weighted by Crippen LogP contribution is 2.45. The molecule has 0 spiro atoms. The second kappa shape index (κ2) is 10.7. The standard InChI is InChI=1S/C31H33ClFN5O/c1-6-26(39)38-15-20(16-38)13-34-25-12-23(32)28(27-18(4)10-11-24-22(27)14-35-37-24)29(33)31(25)36-30-19(5)8-7-9-21(30)17(2)3/h6-12,14,17,20,34,36H,1,13,15-16H2,2-5H3,(H,35,37). The number of hydrogen-bond acceptors (Lipinski definition) is 4. The van der Waals surface area contributed by atoms with E-state index in [0.29, 0.717) is 47.2 Å². The number of nitrogens with one attached hydrogen (secondary N) is 3. The fourth-order valence-electron chi connectivity index (χ4n) is 5.30. The summed E-state index contributed by atoms with van der Waals surface area (Å²) in [7, 11) is 0. The van der Waals surface area contributed by atoms with E-state index in [1.807, 2.05) is 38.1 Å². The lowest BCUT2D eigenvalue weighted by molar-refractivity contribution is -0.131. The molecule has 0 bridgehead atoms. The average molecular weight is 546 g/mol. The highest BCUT2D eigenvalue weighted by atomic mass is 35.5. The number of H-pyrrole nitrogens is 1. The summed E-state index contributed by atoms with van der Waals surface area (Å²) in [5, 5.41) is 15.1. The molecule has 0 atom stereocenters. The van der Waals surface area contributed by atoms with Gasteiger partial charge in [-0.3, -0.25) is 9.89 Å². The molecule has 6 nitrogen and oxygen atoms in total. The highest BCUT2D eigenvalue weighted by Gasteiger charge is 2.30. The fraction of sp³-hybridized carbons (Fsp3) is 0.290. The molecule has 1 amide bonds. The summed E-state index contributed by atoms with van der Waals surface area (Å²) < 4.78 is 16.8. The number of aromatic nitrogens is 2. The van der Waals surface area contributed by atoms with Crippen LogP contribution in [-0.2, 0) is 4.79 Å². The SMILES string of the molecule is C=CC(=O)N1CC(CNc2cc(Cl)c(-c3c(C)ccc4[nH]ncc34)c(F)c2Nc2c(C)cccc2C(C)C)C1. The van der Waals surface area contributed by atoms with Crippen LogP contribution in [-0.4, -0.2) is 40.6 Å². The normalized spacial score (nSPS) is 13.6. The Hall–Kier alpha value is -3.84. The van der Waals surface area contributed by atoms with Gasteiger partial charge in [-0.05, 0) is 54.7 Å². The Morgan fingerprint density at radius 2 is 1.97 bits per heavy atom. The zero-order chi connectivity index (χ0) is 27.8. The van der Waals surface area contributed by atoms with Crippen molar-refractivity contribution in [3.8, 4) is 11.1 Å². The predicted octanol–water partition coefficient (Wildman–Crippen LogP) is 7.56. The van der Waals surface area contributed by atoms with Gasteiger partial charge in [0.05, 0.1) is 28.1 Å². The summed E-state index contributed by atoms with van der Waals surface area (Å²) in [5.74, 6) is -0.0211. The summed E-state index contributed by atoms with van der Waals surface area (Å²) in [5.41, 5.74) is 6.67. The molecule has 1 aliphatic rings. The van der Waals surface area contributed by atoms with Crippen LogP contribution >= 0.6 is 11.6 Å². The smallest absolute Gasteiger partial charge is 0.245 e. The minimum absolute atomic E-state index is 0.0726. The molecule has 202 valence electrons. The van der Waals surface area contributed by atoms with Gasteiger partial charge in [0.2, 0.25) is 5.91 Å². The van der Waals surface area contributed by atoms with Gasteiger partial charge in [0, 0.05) is 47.8 Å². The number of carbonyl (C=O) groups excluding carboxylic acids is 1. The summed E-state index contributed by atoms with van der Waals surface area (Å²) in [6.07, 6.45) is 3.04. The Morgan fingerprint density at radius 3 is 2.69 bits per heavy atom. The van der Waals surface area contributed by atoms with E-state index in [1.165, 1.54) is 6.08 Å². The van der Waals surface area contributed by atoms with E-state index < -0.39 is 5.82 Å². The molecule has 1 aromatic heterocycles. The van der Waals surface area contributed by atoms with Crippen molar-refractivity contribution in [2.24, 2.45) is 5.92 Å². The lowest BCUT2D eigenvalue weighted by Gasteiger charge is -2.39. The molecule has 1 saturated heterocycles. The molecular formula is C31H33ClFN5O. The lowest BCUT2D eigenvalue weighted by atomic mass is 9.94. The maximum absolute atomic E-state index is 16.8. The van der Waals surface area contributed by atoms with Crippen molar-refractivity contribution in [2.75, 3.05) is 30.3 Å².